The molecule has 2 rings (SSSR count). The minimum atomic E-state index is -0.416. The van der Waals surface area contributed by atoms with Gasteiger partial charge in [0.1, 0.15) is 5.75 Å². The maximum atomic E-state index is 12.3. The second kappa shape index (κ2) is 10.5. The van der Waals surface area contributed by atoms with E-state index >= 15 is 0 Å². The minimum absolute atomic E-state index is 0.145. The van der Waals surface area contributed by atoms with Crippen LogP contribution in [0.15, 0.2) is 48.5 Å². The fourth-order valence-electron chi connectivity index (χ4n) is 2.34. The van der Waals surface area contributed by atoms with E-state index in [0.717, 1.165) is 24.8 Å². The number of hydrogen-bond donors (Lipinski definition) is 2. The van der Waals surface area contributed by atoms with Crippen molar-refractivity contribution in [3.05, 3.63) is 64.7 Å². The lowest BCUT2D eigenvalue weighted by atomic mass is 10.1. The SMILES string of the molecule is CCCCCOc1ccccc1C(=O)NNC(=O)Cc1ccc(Cl)cc1. The highest BCUT2D eigenvalue weighted by atomic mass is 35.5. The summed E-state index contributed by atoms with van der Waals surface area (Å²) in [6.07, 6.45) is 3.26. The van der Waals surface area contributed by atoms with E-state index in [4.69, 9.17) is 16.3 Å². The Hall–Kier alpha value is -2.53. The third kappa shape index (κ3) is 6.41. The molecule has 2 amide bonds. The van der Waals surface area contributed by atoms with Gasteiger partial charge in [-0.1, -0.05) is 55.6 Å². The van der Waals surface area contributed by atoms with Crippen LogP contribution >= 0.6 is 11.6 Å². The van der Waals surface area contributed by atoms with Crippen LogP contribution in [0, 0.1) is 0 Å². The van der Waals surface area contributed by atoms with Crippen LogP contribution in [0.3, 0.4) is 0 Å². The molecule has 0 atom stereocenters. The van der Waals surface area contributed by atoms with E-state index in [2.05, 4.69) is 17.8 Å². The van der Waals surface area contributed by atoms with Gasteiger partial charge in [0.2, 0.25) is 5.91 Å². The highest BCUT2D eigenvalue weighted by Gasteiger charge is 2.13. The zero-order chi connectivity index (χ0) is 18.8. The van der Waals surface area contributed by atoms with Crippen LogP contribution in [0.2, 0.25) is 5.02 Å². The Morgan fingerprint density at radius 3 is 2.46 bits per heavy atom. The predicted molar refractivity (Wildman–Crippen MR) is 102 cm³/mol. The highest BCUT2D eigenvalue weighted by Crippen LogP contribution is 2.18. The van der Waals surface area contributed by atoms with Gasteiger partial charge >= 0.3 is 0 Å². The fraction of sp³-hybridized carbons (Fsp3) is 0.300. The van der Waals surface area contributed by atoms with E-state index in [1.165, 1.54) is 0 Å². The van der Waals surface area contributed by atoms with Crippen molar-refractivity contribution in [3.8, 4) is 5.75 Å². The molecule has 2 aromatic carbocycles. The van der Waals surface area contributed by atoms with Crippen LogP contribution in [-0.4, -0.2) is 18.4 Å². The van der Waals surface area contributed by atoms with Crippen molar-refractivity contribution in [1.29, 1.82) is 0 Å². The lowest BCUT2D eigenvalue weighted by Gasteiger charge is -2.12. The number of halogens is 1. The fourth-order valence-corrected chi connectivity index (χ4v) is 2.47. The Labute approximate surface area is 158 Å². The first-order valence-electron chi connectivity index (χ1n) is 8.65. The molecule has 0 saturated carbocycles. The molecule has 26 heavy (non-hydrogen) atoms. The standard InChI is InChI=1S/C20H23ClN2O3/c1-2-3-6-13-26-18-8-5-4-7-17(18)20(25)23-22-19(24)14-15-9-11-16(21)12-10-15/h4-5,7-12H,2-3,6,13-14H2,1H3,(H,22,24)(H,23,25). The van der Waals surface area contributed by atoms with E-state index < -0.39 is 5.91 Å². The van der Waals surface area contributed by atoms with Gasteiger partial charge in [-0.3, -0.25) is 20.4 Å². The molecule has 0 radical (unpaired) electrons. The molecule has 2 aromatic rings. The molecule has 0 bridgehead atoms. The number of amides is 2. The Kier molecular flexibility index (Phi) is 7.96. The Morgan fingerprint density at radius 2 is 1.73 bits per heavy atom. The number of carbonyl (C=O) groups is 2. The van der Waals surface area contributed by atoms with Crippen molar-refractivity contribution < 1.29 is 14.3 Å². The molecule has 2 N–H and O–H groups in total. The number of ether oxygens (including phenoxy) is 1. The summed E-state index contributed by atoms with van der Waals surface area (Å²) in [6.45, 7) is 2.68. The monoisotopic (exact) mass is 374 g/mol. The summed E-state index contributed by atoms with van der Waals surface area (Å²) in [4.78, 5) is 24.3. The van der Waals surface area contributed by atoms with E-state index in [1.54, 1.807) is 42.5 Å². The van der Waals surface area contributed by atoms with Crippen molar-refractivity contribution in [2.24, 2.45) is 0 Å². The van der Waals surface area contributed by atoms with Gasteiger partial charge in [0.25, 0.3) is 5.91 Å². The molecule has 0 spiro atoms. The average molecular weight is 375 g/mol. The molecule has 0 heterocycles. The molecule has 0 aliphatic rings. The van der Waals surface area contributed by atoms with E-state index in [-0.39, 0.29) is 12.3 Å². The predicted octanol–water partition coefficient (Wildman–Crippen LogP) is 3.91. The van der Waals surface area contributed by atoms with Crippen molar-refractivity contribution in [1.82, 2.24) is 10.9 Å². The number of unbranched alkanes of at least 4 members (excludes halogenated alkanes) is 2. The lowest BCUT2D eigenvalue weighted by Crippen LogP contribution is -2.42. The first-order chi connectivity index (χ1) is 12.6. The second-order valence-corrected chi connectivity index (χ2v) is 6.29. The van der Waals surface area contributed by atoms with Gasteiger partial charge in [0, 0.05) is 5.02 Å². The first kappa shape index (κ1) is 19.8. The third-order valence-corrected chi connectivity index (χ3v) is 3.98. The Balaban J connectivity index is 1.87. The van der Waals surface area contributed by atoms with Gasteiger partial charge < -0.3 is 4.74 Å². The molecular weight excluding hydrogens is 352 g/mol. The topological polar surface area (TPSA) is 67.4 Å². The first-order valence-corrected chi connectivity index (χ1v) is 9.03. The van der Waals surface area contributed by atoms with Gasteiger partial charge in [-0.15, -0.1) is 0 Å². The average Bonchev–Trinajstić information content (AvgIpc) is 2.65. The molecule has 5 nitrogen and oxygen atoms in total. The minimum Gasteiger partial charge on any atom is -0.493 e. The summed E-state index contributed by atoms with van der Waals surface area (Å²) in [5, 5.41) is 0.609. The lowest BCUT2D eigenvalue weighted by molar-refractivity contribution is -0.121. The second-order valence-electron chi connectivity index (χ2n) is 5.86. The molecule has 0 aliphatic carbocycles. The Morgan fingerprint density at radius 1 is 1.00 bits per heavy atom. The number of carbonyl (C=O) groups excluding carboxylic acids is 2. The number of hydrogen-bond acceptors (Lipinski definition) is 3. The molecule has 0 aromatic heterocycles. The van der Waals surface area contributed by atoms with Crippen molar-refractivity contribution in [2.45, 2.75) is 32.6 Å². The maximum Gasteiger partial charge on any atom is 0.273 e. The number of hydrazine groups is 1. The molecule has 6 heteroatoms. The maximum absolute atomic E-state index is 12.3. The van der Waals surface area contributed by atoms with Gasteiger partial charge in [0.15, 0.2) is 0 Å². The van der Waals surface area contributed by atoms with E-state index in [9.17, 15) is 9.59 Å². The molecular formula is C20H23ClN2O3. The largest absolute Gasteiger partial charge is 0.493 e. The molecule has 138 valence electrons. The smallest absolute Gasteiger partial charge is 0.273 e. The van der Waals surface area contributed by atoms with E-state index in [1.807, 2.05) is 6.07 Å². The summed E-state index contributed by atoms with van der Waals surface area (Å²) in [7, 11) is 0. The summed E-state index contributed by atoms with van der Waals surface area (Å²) >= 11 is 5.82. The highest BCUT2D eigenvalue weighted by molar-refractivity contribution is 6.30. The summed E-state index contributed by atoms with van der Waals surface area (Å²) in [5.74, 6) is -0.226. The molecule has 0 unspecified atom stereocenters. The van der Waals surface area contributed by atoms with Crippen LogP contribution in [0.4, 0.5) is 0 Å². The van der Waals surface area contributed by atoms with Crippen LogP contribution in [-0.2, 0) is 11.2 Å². The van der Waals surface area contributed by atoms with Gasteiger partial charge in [-0.05, 0) is 36.2 Å². The van der Waals surface area contributed by atoms with Gasteiger partial charge in [-0.2, -0.15) is 0 Å². The van der Waals surface area contributed by atoms with Gasteiger partial charge in [0.05, 0.1) is 18.6 Å². The third-order valence-electron chi connectivity index (χ3n) is 3.73. The van der Waals surface area contributed by atoms with Crippen LogP contribution < -0.4 is 15.6 Å². The molecule has 0 saturated heterocycles. The summed E-state index contributed by atoms with van der Waals surface area (Å²) < 4.78 is 5.69. The van der Waals surface area contributed by atoms with Crippen LogP contribution in [0.1, 0.15) is 42.1 Å². The van der Waals surface area contributed by atoms with Crippen molar-refractivity contribution in [2.75, 3.05) is 6.61 Å². The number of rotatable bonds is 8. The molecule has 0 fully saturated rings. The molecule has 0 aliphatic heterocycles. The zero-order valence-electron chi connectivity index (χ0n) is 14.8. The Bertz CT molecular complexity index is 732. The van der Waals surface area contributed by atoms with Crippen LogP contribution in [0.5, 0.6) is 5.75 Å². The normalized spacial score (nSPS) is 10.2. The summed E-state index contributed by atoms with van der Waals surface area (Å²) in [6, 6.07) is 13.9. The zero-order valence-corrected chi connectivity index (χ0v) is 15.5. The van der Waals surface area contributed by atoms with Crippen molar-refractivity contribution in [3.63, 3.8) is 0 Å². The van der Waals surface area contributed by atoms with Gasteiger partial charge in [-0.25, -0.2) is 0 Å². The number of para-hydroxylation sites is 1. The summed E-state index contributed by atoms with van der Waals surface area (Å²) in [5.41, 5.74) is 6.04. The van der Waals surface area contributed by atoms with E-state index in [0.29, 0.717) is 22.9 Å². The quantitative estimate of drug-likeness (QED) is 0.543. The van der Waals surface area contributed by atoms with Crippen LogP contribution in [0.25, 0.3) is 0 Å². The number of nitrogens with one attached hydrogen (secondary N) is 2. The van der Waals surface area contributed by atoms with Crippen molar-refractivity contribution >= 4 is 23.4 Å². The number of benzene rings is 2.